The van der Waals surface area contributed by atoms with E-state index in [-0.39, 0.29) is 0 Å². The van der Waals surface area contributed by atoms with E-state index in [1.165, 1.54) is 249 Å². The largest absolute Gasteiger partial charge is 0.497 e. The fraction of sp³-hybridized carbons (Fsp3) is 0.710. The fourth-order valence-corrected chi connectivity index (χ4v) is 10.0. The second kappa shape index (κ2) is 38.9. The Balaban J connectivity index is 0.000000233. The average Bonchev–Trinajstić information content (AvgIpc) is 3.94. The van der Waals surface area contributed by atoms with E-state index in [0.717, 1.165) is 49.3 Å². The Bertz CT molecular complexity index is 1610. The number of methoxy groups -OCH3 is 2. The minimum atomic E-state index is 0.861. The second-order valence-corrected chi connectivity index (χ2v) is 20.3. The Morgan fingerprint density at radius 3 is 1.12 bits per heavy atom. The molecule has 0 bridgehead atoms. The van der Waals surface area contributed by atoms with E-state index in [1.54, 1.807) is 14.2 Å². The van der Waals surface area contributed by atoms with E-state index in [4.69, 9.17) is 18.9 Å². The molecule has 0 atom stereocenters. The first-order valence-electron chi connectivity index (χ1n) is 29.1. The number of unbranched alkanes of at least 4 members (excludes halogenated alkanes) is 20. The van der Waals surface area contributed by atoms with Crippen LogP contribution >= 0.6 is 0 Å². The summed E-state index contributed by atoms with van der Waals surface area (Å²) < 4.78 is 22.5. The Labute approximate surface area is 424 Å². The molecule has 0 spiro atoms. The number of ether oxygens (including phenoxy) is 4. The third kappa shape index (κ3) is 26.3. The van der Waals surface area contributed by atoms with E-state index in [0.29, 0.717) is 0 Å². The lowest BCUT2D eigenvalue weighted by atomic mass is 10.1. The molecule has 3 aromatic rings. The molecule has 0 amide bonds. The molecular formula is C62H103N3O4. The topological polar surface area (TPSA) is 46.6 Å². The number of hydrogen-bond donors (Lipinski definition) is 0. The zero-order valence-corrected chi connectivity index (χ0v) is 45.1. The molecule has 3 aliphatic heterocycles. The minimum absolute atomic E-state index is 0.861. The molecule has 6 rings (SSSR count). The Morgan fingerprint density at radius 1 is 0.319 bits per heavy atom. The first-order chi connectivity index (χ1) is 34.1. The maximum absolute atomic E-state index is 5.97. The van der Waals surface area contributed by atoms with Gasteiger partial charge in [-0.05, 0) is 94.2 Å². The molecule has 0 aromatic heterocycles. The molecule has 0 aliphatic carbocycles. The van der Waals surface area contributed by atoms with Gasteiger partial charge in [0.15, 0.2) is 0 Å². The van der Waals surface area contributed by atoms with Crippen molar-refractivity contribution < 1.29 is 18.9 Å². The van der Waals surface area contributed by atoms with E-state index in [9.17, 15) is 0 Å². The summed E-state index contributed by atoms with van der Waals surface area (Å²) in [5.74, 6) is 3.79. The normalized spacial score (nSPS) is 15.0. The van der Waals surface area contributed by atoms with E-state index < -0.39 is 0 Å². The highest BCUT2D eigenvalue weighted by molar-refractivity contribution is 5.56. The van der Waals surface area contributed by atoms with Crippen LogP contribution in [0.3, 0.4) is 0 Å². The van der Waals surface area contributed by atoms with Crippen molar-refractivity contribution in [3.05, 3.63) is 66.7 Å². The van der Waals surface area contributed by atoms with Crippen molar-refractivity contribution in [3.63, 3.8) is 0 Å². The third-order valence-electron chi connectivity index (χ3n) is 14.4. The number of piperidine rings is 1. The zero-order valence-electron chi connectivity index (χ0n) is 45.1. The van der Waals surface area contributed by atoms with Crippen LogP contribution < -0.4 is 33.6 Å². The van der Waals surface area contributed by atoms with Gasteiger partial charge in [-0.3, -0.25) is 0 Å². The maximum Gasteiger partial charge on any atom is 0.124 e. The van der Waals surface area contributed by atoms with Crippen molar-refractivity contribution in [1.29, 1.82) is 0 Å². The van der Waals surface area contributed by atoms with Crippen molar-refractivity contribution in [3.8, 4) is 23.0 Å². The number of anilines is 3. The third-order valence-corrected chi connectivity index (χ3v) is 14.4. The van der Waals surface area contributed by atoms with Crippen LogP contribution in [0.4, 0.5) is 17.1 Å². The predicted molar refractivity (Wildman–Crippen MR) is 299 cm³/mol. The molecule has 69 heavy (non-hydrogen) atoms. The molecule has 3 aliphatic rings. The zero-order chi connectivity index (χ0) is 48.7. The lowest BCUT2D eigenvalue weighted by Gasteiger charge is -2.29. The van der Waals surface area contributed by atoms with Gasteiger partial charge in [0.05, 0.1) is 27.4 Å². The minimum Gasteiger partial charge on any atom is -0.497 e. The SMILES string of the molecule is CCCCCCCCCCCCCCOc1cccc(N2CCCC2)c1.CCCCCCCCCCCCOc1ccc(N2CCCCCCC2)cc1.COc1cc(OC)cc(N2CCCCC2)c1. The van der Waals surface area contributed by atoms with Crippen LogP contribution in [0, 0.1) is 0 Å². The molecule has 0 radical (unpaired) electrons. The summed E-state index contributed by atoms with van der Waals surface area (Å²) in [7, 11) is 3.38. The lowest BCUT2D eigenvalue weighted by Crippen LogP contribution is -2.29. The van der Waals surface area contributed by atoms with Gasteiger partial charge in [0, 0.05) is 80.6 Å². The van der Waals surface area contributed by atoms with Crippen LogP contribution in [0.25, 0.3) is 0 Å². The number of nitrogens with zero attached hydrogens (tertiary/aromatic N) is 3. The van der Waals surface area contributed by atoms with Gasteiger partial charge >= 0.3 is 0 Å². The maximum atomic E-state index is 5.97. The molecule has 0 saturated carbocycles. The van der Waals surface area contributed by atoms with Crippen LogP contribution in [0.5, 0.6) is 23.0 Å². The molecule has 390 valence electrons. The van der Waals surface area contributed by atoms with Crippen molar-refractivity contribution in [2.45, 2.75) is 219 Å². The first kappa shape index (κ1) is 57.8. The summed E-state index contributed by atoms with van der Waals surface area (Å²) in [6, 6.07) is 23.5. The highest BCUT2D eigenvalue weighted by atomic mass is 16.5. The monoisotopic (exact) mass is 954 g/mol. The van der Waals surface area contributed by atoms with Crippen molar-refractivity contribution >= 4 is 17.1 Å². The molecule has 7 heteroatoms. The highest BCUT2D eigenvalue weighted by Crippen LogP contribution is 2.30. The summed E-state index contributed by atoms with van der Waals surface area (Å²) in [4.78, 5) is 7.41. The van der Waals surface area contributed by atoms with Crippen LogP contribution in [0.2, 0.25) is 0 Å². The highest BCUT2D eigenvalue weighted by Gasteiger charge is 2.14. The number of rotatable bonds is 31. The van der Waals surface area contributed by atoms with Gasteiger partial charge in [-0.2, -0.15) is 0 Å². The second-order valence-electron chi connectivity index (χ2n) is 20.3. The molecule has 3 fully saturated rings. The molecule has 3 heterocycles. The van der Waals surface area contributed by atoms with Crippen molar-refractivity contribution in [1.82, 2.24) is 0 Å². The van der Waals surface area contributed by atoms with Gasteiger partial charge in [-0.1, -0.05) is 168 Å². The van der Waals surface area contributed by atoms with Crippen LogP contribution in [-0.4, -0.2) is 66.7 Å². The quantitative estimate of drug-likeness (QED) is 0.0596. The van der Waals surface area contributed by atoms with Gasteiger partial charge in [0.2, 0.25) is 0 Å². The molecule has 7 nitrogen and oxygen atoms in total. The lowest BCUT2D eigenvalue weighted by molar-refractivity contribution is 0.304. The van der Waals surface area contributed by atoms with Gasteiger partial charge in [-0.25, -0.2) is 0 Å². The van der Waals surface area contributed by atoms with Gasteiger partial charge < -0.3 is 33.6 Å². The summed E-state index contributed by atoms with van der Waals surface area (Å²) >= 11 is 0. The predicted octanol–water partition coefficient (Wildman–Crippen LogP) is 17.8. The molecular weight excluding hydrogens is 851 g/mol. The standard InChI is InChI=1S/C25H43NO.C24H41NO.C13H19NO2/c1-2-3-4-5-6-7-8-9-13-16-23-27-25-19-17-24(18-20-25)26-21-14-11-10-12-15-22-26;1-2-3-4-5-6-7-8-9-10-11-12-15-21-26-24-18-16-17-23(22-24)25-19-13-14-20-25;1-15-12-8-11(9-13(10-12)16-2)14-6-4-3-5-7-14/h17-20H,2-16,21-23H2,1H3;16-18,22H,2-15,19-21H2,1H3;8-10H,3-7H2,1-2H3. The van der Waals surface area contributed by atoms with Gasteiger partial charge in [0.25, 0.3) is 0 Å². The average molecular weight is 955 g/mol. The Hall–Kier alpha value is -3.74. The van der Waals surface area contributed by atoms with Crippen molar-refractivity contribution in [2.24, 2.45) is 0 Å². The van der Waals surface area contributed by atoms with E-state index in [1.807, 2.05) is 6.07 Å². The summed E-state index contributed by atoms with van der Waals surface area (Å²) in [5, 5.41) is 0. The van der Waals surface area contributed by atoms with E-state index in [2.05, 4.69) is 89.2 Å². The first-order valence-corrected chi connectivity index (χ1v) is 29.1. The Morgan fingerprint density at radius 2 is 0.667 bits per heavy atom. The molecule has 3 aromatic carbocycles. The smallest absolute Gasteiger partial charge is 0.124 e. The number of benzene rings is 3. The molecule has 3 saturated heterocycles. The molecule has 0 unspecified atom stereocenters. The van der Waals surface area contributed by atoms with E-state index >= 15 is 0 Å². The summed E-state index contributed by atoms with van der Waals surface area (Å²) in [5.41, 5.74) is 3.90. The molecule has 0 N–H and O–H groups in total. The van der Waals surface area contributed by atoms with Crippen LogP contribution in [0.1, 0.15) is 219 Å². The van der Waals surface area contributed by atoms with Gasteiger partial charge in [0.1, 0.15) is 23.0 Å². The summed E-state index contributed by atoms with van der Waals surface area (Å²) in [6.07, 6.45) is 43.8. The van der Waals surface area contributed by atoms with Gasteiger partial charge in [-0.15, -0.1) is 0 Å². The van der Waals surface area contributed by atoms with Crippen molar-refractivity contribution in [2.75, 3.05) is 81.4 Å². The van der Waals surface area contributed by atoms with Crippen LogP contribution in [0.15, 0.2) is 66.7 Å². The summed E-state index contributed by atoms with van der Waals surface area (Å²) in [6.45, 7) is 13.4. The fourth-order valence-electron chi connectivity index (χ4n) is 10.0. The Kier molecular flexibility index (Phi) is 32.6. The number of hydrogen-bond acceptors (Lipinski definition) is 7. The van der Waals surface area contributed by atoms with Crippen LogP contribution in [-0.2, 0) is 0 Å².